The maximum Gasteiger partial charge on any atom is 0.260 e. The zero-order valence-corrected chi connectivity index (χ0v) is 17.9. The van der Waals surface area contributed by atoms with Crippen LogP contribution in [0.25, 0.3) is 0 Å². The fourth-order valence-corrected chi connectivity index (χ4v) is 3.67. The molecule has 0 atom stereocenters. The maximum absolute atomic E-state index is 14.3. The van der Waals surface area contributed by atoms with Gasteiger partial charge in [-0.15, -0.1) is 0 Å². The van der Waals surface area contributed by atoms with Gasteiger partial charge in [0.05, 0.1) is 5.56 Å². The maximum atomic E-state index is 14.3. The molecule has 0 fully saturated rings. The van der Waals surface area contributed by atoms with E-state index in [4.69, 9.17) is 4.74 Å². The van der Waals surface area contributed by atoms with Crippen molar-refractivity contribution in [3.63, 3.8) is 0 Å². The molecule has 0 aliphatic carbocycles. The van der Waals surface area contributed by atoms with Crippen LogP contribution in [0.15, 0.2) is 53.1 Å². The summed E-state index contributed by atoms with van der Waals surface area (Å²) in [6.07, 6.45) is 1.49. The van der Waals surface area contributed by atoms with Gasteiger partial charge < -0.3 is 15.0 Å². The molecular weight excluding hydrogens is 472 g/mol. The van der Waals surface area contributed by atoms with Gasteiger partial charge in [0.15, 0.2) is 11.6 Å². The zero-order valence-electron chi connectivity index (χ0n) is 16.3. The smallest absolute Gasteiger partial charge is 0.260 e. The molecule has 1 aliphatic rings. The van der Waals surface area contributed by atoms with E-state index in [1.54, 1.807) is 18.2 Å². The standard InChI is InChI=1S/C22H16BrF2N3O3/c1-26-20(29)15-4-2-12(8-16(15)24)10-28-11-13-6-7-27-21(19(13)22(28)30)31-18-5-3-14(23)9-17(18)25/h2-9H,10-11H2,1H3,(H,26,29). The van der Waals surface area contributed by atoms with Crippen molar-refractivity contribution in [1.29, 1.82) is 0 Å². The second-order valence-electron chi connectivity index (χ2n) is 6.88. The van der Waals surface area contributed by atoms with Crippen molar-refractivity contribution >= 4 is 27.7 Å². The van der Waals surface area contributed by atoms with E-state index in [9.17, 15) is 18.4 Å². The quantitative estimate of drug-likeness (QED) is 0.577. The average molecular weight is 488 g/mol. The van der Waals surface area contributed by atoms with E-state index in [1.807, 2.05) is 0 Å². The normalized spacial score (nSPS) is 12.6. The molecule has 6 nitrogen and oxygen atoms in total. The lowest BCUT2D eigenvalue weighted by atomic mass is 10.1. The predicted octanol–water partition coefficient (Wildman–Crippen LogP) is 4.43. The van der Waals surface area contributed by atoms with Gasteiger partial charge in [0.1, 0.15) is 11.4 Å². The summed E-state index contributed by atoms with van der Waals surface area (Å²) in [7, 11) is 1.42. The molecule has 0 spiro atoms. The summed E-state index contributed by atoms with van der Waals surface area (Å²) in [5.74, 6) is -2.19. The summed E-state index contributed by atoms with van der Waals surface area (Å²) in [4.78, 5) is 30.3. The van der Waals surface area contributed by atoms with Crippen molar-refractivity contribution in [2.45, 2.75) is 13.1 Å². The number of aromatic nitrogens is 1. The number of rotatable bonds is 5. The monoisotopic (exact) mass is 487 g/mol. The Labute approximate surface area is 185 Å². The summed E-state index contributed by atoms with van der Waals surface area (Å²) in [5.41, 5.74) is 1.38. The first-order valence-electron chi connectivity index (χ1n) is 9.28. The van der Waals surface area contributed by atoms with Gasteiger partial charge in [-0.2, -0.15) is 0 Å². The lowest BCUT2D eigenvalue weighted by molar-refractivity contribution is 0.0763. The van der Waals surface area contributed by atoms with E-state index in [1.165, 1.54) is 42.4 Å². The second kappa shape index (κ2) is 8.43. The number of carbonyl (C=O) groups is 2. The van der Waals surface area contributed by atoms with Crippen molar-refractivity contribution in [2.24, 2.45) is 0 Å². The Kier molecular flexibility index (Phi) is 5.69. The molecule has 0 bridgehead atoms. The van der Waals surface area contributed by atoms with Gasteiger partial charge in [0.2, 0.25) is 5.88 Å². The van der Waals surface area contributed by atoms with E-state index < -0.39 is 17.5 Å². The predicted molar refractivity (Wildman–Crippen MR) is 112 cm³/mol. The van der Waals surface area contributed by atoms with Crippen LogP contribution in [0.1, 0.15) is 31.8 Å². The number of amides is 2. The summed E-state index contributed by atoms with van der Waals surface area (Å²) >= 11 is 3.18. The number of nitrogens with one attached hydrogen (secondary N) is 1. The molecular formula is C22H16BrF2N3O3. The van der Waals surface area contributed by atoms with Crippen LogP contribution in [-0.4, -0.2) is 28.7 Å². The van der Waals surface area contributed by atoms with Crippen molar-refractivity contribution in [1.82, 2.24) is 15.2 Å². The van der Waals surface area contributed by atoms with Crippen LogP contribution in [0.5, 0.6) is 11.6 Å². The molecule has 1 N–H and O–H groups in total. The van der Waals surface area contributed by atoms with E-state index in [0.717, 1.165) is 0 Å². The van der Waals surface area contributed by atoms with Crippen LogP contribution in [0, 0.1) is 11.6 Å². The summed E-state index contributed by atoms with van der Waals surface area (Å²) in [5, 5.41) is 2.37. The highest BCUT2D eigenvalue weighted by molar-refractivity contribution is 9.10. The Bertz CT molecular complexity index is 1200. The molecule has 2 heterocycles. The van der Waals surface area contributed by atoms with Crippen LogP contribution in [0.2, 0.25) is 0 Å². The summed E-state index contributed by atoms with van der Waals surface area (Å²) in [6, 6.07) is 10.2. The minimum Gasteiger partial charge on any atom is -0.435 e. The first-order chi connectivity index (χ1) is 14.9. The Balaban J connectivity index is 1.57. The number of hydrogen-bond donors (Lipinski definition) is 1. The number of pyridine rings is 1. The van der Waals surface area contributed by atoms with Crippen LogP contribution in [-0.2, 0) is 13.1 Å². The molecule has 9 heteroatoms. The molecule has 0 saturated carbocycles. The highest BCUT2D eigenvalue weighted by Crippen LogP contribution is 2.34. The zero-order chi connectivity index (χ0) is 22.1. The fourth-order valence-electron chi connectivity index (χ4n) is 3.34. The topological polar surface area (TPSA) is 71.5 Å². The number of nitrogens with zero attached hydrogens (tertiary/aromatic N) is 2. The van der Waals surface area contributed by atoms with E-state index in [-0.39, 0.29) is 41.8 Å². The molecule has 31 heavy (non-hydrogen) atoms. The van der Waals surface area contributed by atoms with E-state index in [2.05, 4.69) is 26.2 Å². The third kappa shape index (κ3) is 4.13. The van der Waals surface area contributed by atoms with Gasteiger partial charge in [-0.05, 0) is 47.5 Å². The summed E-state index contributed by atoms with van der Waals surface area (Å²) < 4.78 is 34.6. The lowest BCUT2D eigenvalue weighted by Crippen LogP contribution is -2.24. The van der Waals surface area contributed by atoms with Gasteiger partial charge in [-0.1, -0.05) is 22.0 Å². The van der Waals surface area contributed by atoms with Crippen LogP contribution >= 0.6 is 15.9 Å². The third-order valence-electron chi connectivity index (χ3n) is 4.84. The lowest BCUT2D eigenvalue weighted by Gasteiger charge is -2.16. The number of benzene rings is 2. The van der Waals surface area contributed by atoms with Crippen LogP contribution in [0.4, 0.5) is 8.78 Å². The fraction of sp³-hybridized carbons (Fsp3) is 0.136. The molecule has 0 saturated heterocycles. The number of ether oxygens (including phenoxy) is 1. The van der Waals surface area contributed by atoms with Gasteiger partial charge >= 0.3 is 0 Å². The molecule has 3 aromatic rings. The minimum atomic E-state index is -0.669. The molecule has 1 aliphatic heterocycles. The highest BCUT2D eigenvalue weighted by atomic mass is 79.9. The van der Waals surface area contributed by atoms with E-state index >= 15 is 0 Å². The minimum absolute atomic E-state index is 0.00682. The van der Waals surface area contributed by atoms with E-state index in [0.29, 0.717) is 15.6 Å². The molecule has 158 valence electrons. The Morgan fingerprint density at radius 3 is 2.71 bits per heavy atom. The molecule has 0 unspecified atom stereocenters. The molecule has 4 rings (SSSR count). The van der Waals surface area contributed by atoms with Gasteiger partial charge in [0.25, 0.3) is 11.8 Å². The number of fused-ring (bicyclic) bond motifs is 1. The van der Waals surface area contributed by atoms with Crippen molar-refractivity contribution in [3.05, 3.63) is 87.0 Å². The van der Waals surface area contributed by atoms with Crippen LogP contribution in [0.3, 0.4) is 0 Å². The van der Waals surface area contributed by atoms with Gasteiger partial charge in [0, 0.05) is 30.8 Å². The van der Waals surface area contributed by atoms with Crippen molar-refractivity contribution in [3.8, 4) is 11.6 Å². The molecule has 2 aromatic carbocycles. The van der Waals surface area contributed by atoms with Gasteiger partial charge in [-0.3, -0.25) is 9.59 Å². The number of halogens is 3. The molecule has 2 amide bonds. The highest BCUT2D eigenvalue weighted by Gasteiger charge is 2.32. The first-order valence-corrected chi connectivity index (χ1v) is 10.1. The largest absolute Gasteiger partial charge is 0.435 e. The number of hydrogen-bond acceptors (Lipinski definition) is 4. The molecule has 1 aromatic heterocycles. The Morgan fingerprint density at radius 1 is 1.19 bits per heavy atom. The first kappa shape index (κ1) is 20.9. The SMILES string of the molecule is CNC(=O)c1ccc(CN2Cc3ccnc(Oc4ccc(Br)cc4F)c3C2=O)cc1F. The van der Waals surface area contributed by atoms with Crippen LogP contribution < -0.4 is 10.1 Å². The average Bonchev–Trinajstić information content (AvgIpc) is 3.06. The Morgan fingerprint density at radius 2 is 2.00 bits per heavy atom. The Hall–Kier alpha value is -3.33. The number of carbonyl (C=O) groups excluding carboxylic acids is 2. The third-order valence-corrected chi connectivity index (χ3v) is 5.34. The van der Waals surface area contributed by atoms with Crippen molar-refractivity contribution < 1.29 is 23.1 Å². The van der Waals surface area contributed by atoms with Gasteiger partial charge in [-0.25, -0.2) is 13.8 Å². The second-order valence-corrected chi connectivity index (χ2v) is 7.80. The molecule has 0 radical (unpaired) electrons. The summed E-state index contributed by atoms with van der Waals surface area (Å²) in [6.45, 7) is 0.402. The van der Waals surface area contributed by atoms with Crippen molar-refractivity contribution in [2.75, 3.05) is 7.05 Å².